The molecule has 1 aromatic rings. The lowest BCUT2D eigenvalue weighted by Gasteiger charge is -2.22. The summed E-state index contributed by atoms with van der Waals surface area (Å²) in [5.41, 5.74) is 0.384. The summed E-state index contributed by atoms with van der Waals surface area (Å²) in [6, 6.07) is 4.96. The van der Waals surface area contributed by atoms with Crippen LogP contribution in [0.1, 0.15) is 31.1 Å². The summed E-state index contributed by atoms with van der Waals surface area (Å²) in [5.74, 6) is -0.843. The van der Waals surface area contributed by atoms with E-state index in [1.54, 1.807) is 32.2 Å². The molecule has 0 aliphatic heterocycles. The van der Waals surface area contributed by atoms with Gasteiger partial charge in [0.25, 0.3) is 5.91 Å². The van der Waals surface area contributed by atoms with Gasteiger partial charge in [-0.05, 0) is 26.0 Å². The van der Waals surface area contributed by atoms with Gasteiger partial charge in [-0.2, -0.15) is 0 Å². The maximum Gasteiger partial charge on any atom is 0.308 e. The molecule has 1 N–H and O–H groups in total. The van der Waals surface area contributed by atoms with Crippen LogP contribution in [-0.2, 0) is 4.79 Å². The monoisotopic (exact) mass is 309 g/mol. The van der Waals surface area contributed by atoms with Crippen LogP contribution in [0.25, 0.3) is 0 Å². The van der Waals surface area contributed by atoms with Gasteiger partial charge in [-0.25, -0.2) is 0 Å². The normalized spacial score (nSPS) is 11.9. The molecule has 6 heteroatoms. The van der Waals surface area contributed by atoms with Crippen molar-refractivity contribution in [3.63, 3.8) is 0 Å². The number of carbonyl (C=O) groups excluding carboxylic acids is 1. The van der Waals surface area contributed by atoms with E-state index in [1.807, 2.05) is 13.8 Å². The number of carbonyl (C=O) groups is 2. The van der Waals surface area contributed by atoms with E-state index < -0.39 is 11.9 Å². The highest BCUT2D eigenvalue weighted by atomic mass is 16.5. The molecule has 1 amide bonds. The van der Waals surface area contributed by atoms with Gasteiger partial charge in [0.2, 0.25) is 0 Å². The van der Waals surface area contributed by atoms with Gasteiger partial charge in [0.05, 0.1) is 24.7 Å². The molecule has 1 rings (SSSR count). The Bertz CT molecular complexity index is 541. The Morgan fingerprint density at radius 2 is 1.91 bits per heavy atom. The van der Waals surface area contributed by atoms with Gasteiger partial charge >= 0.3 is 5.97 Å². The molecule has 6 nitrogen and oxygen atoms in total. The summed E-state index contributed by atoms with van der Waals surface area (Å²) in [4.78, 5) is 24.8. The third-order valence-electron chi connectivity index (χ3n) is 3.10. The molecule has 0 aliphatic carbocycles. The second-order valence-electron chi connectivity index (χ2n) is 5.45. The summed E-state index contributed by atoms with van der Waals surface area (Å²) in [5, 5.41) is 8.95. The van der Waals surface area contributed by atoms with Crippen molar-refractivity contribution in [2.24, 2.45) is 5.92 Å². The van der Waals surface area contributed by atoms with Gasteiger partial charge in [0, 0.05) is 19.7 Å². The van der Waals surface area contributed by atoms with E-state index in [1.165, 1.54) is 12.0 Å². The molecule has 0 saturated heterocycles. The number of benzene rings is 1. The first-order valence-corrected chi connectivity index (χ1v) is 7.09. The van der Waals surface area contributed by atoms with Crippen molar-refractivity contribution in [1.29, 1.82) is 0 Å². The Hall–Kier alpha value is -2.24. The topological polar surface area (TPSA) is 76.1 Å². The van der Waals surface area contributed by atoms with E-state index in [4.69, 9.17) is 14.6 Å². The van der Waals surface area contributed by atoms with Crippen LogP contribution in [0.2, 0.25) is 0 Å². The van der Waals surface area contributed by atoms with E-state index >= 15 is 0 Å². The number of ether oxygens (including phenoxy) is 2. The fourth-order valence-electron chi connectivity index (χ4n) is 1.94. The van der Waals surface area contributed by atoms with Crippen molar-refractivity contribution in [2.45, 2.75) is 26.9 Å². The second-order valence-corrected chi connectivity index (χ2v) is 5.45. The number of rotatable bonds is 7. The van der Waals surface area contributed by atoms with Crippen molar-refractivity contribution < 1.29 is 24.2 Å². The molecule has 0 aromatic heterocycles. The number of nitrogens with zero attached hydrogens (tertiary/aromatic N) is 1. The van der Waals surface area contributed by atoms with Crippen molar-refractivity contribution in [1.82, 2.24) is 4.90 Å². The van der Waals surface area contributed by atoms with Crippen LogP contribution in [0, 0.1) is 5.92 Å². The first-order valence-electron chi connectivity index (χ1n) is 7.09. The number of hydrogen-bond acceptors (Lipinski definition) is 4. The molecule has 0 saturated carbocycles. The van der Waals surface area contributed by atoms with E-state index in [-0.39, 0.29) is 18.6 Å². The molecular formula is C16H23NO5. The first-order chi connectivity index (χ1) is 10.3. The third kappa shape index (κ3) is 4.65. The van der Waals surface area contributed by atoms with E-state index in [2.05, 4.69) is 0 Å². The largest absolute Gasteiger partial charge is 0.497 e. The molecule has 0 bridgehead atoms. The van der Waals surface area contributed by atoms with Crippen molar-refractivity contribution in [2.75, 3.05) is 20.7 Å². The fraction of sp³-hybridized carbons (Fsp3) is 0.500. The number of methoxy groups -OCH3 is 1. The van der Waals surface area contributed by atoms with Crippen LogP contribution in [0.3, 0.4) is 0 Å². The molecule has 1 unspecified atom stereocenters. The molecule has 0 radical (unpaired) electrons. The number of aliphatic carboxylic acids is 1. The predicted octanol–water partition coefficient (Wildman–Crippen LogP) is 2.28. The molecule has 1 atom stereocenters. The molecular weight excluding hydrogens is 286 g/mol. The van der Waals surface area contributed by atoms with Gasteiger partial charge in [-0.1, -0.05) is 6.92 Å². The maximum absolute atomic E-state index is 12.5. The van der Waals surface area contributed by atoms with Crippen LogP contribution < -0.4 is 9.47 Å². The zero-order chi connectivity index (χ0) is 16.9. The SMILES string of the molecule is COc1ccc(C(=O)N(C)CC(C)C(=O)O)c(OC(C)C)c1. The lowest BCUT2D eigenvalue weighted by atomic mass is 10.1. The van der Waals surface area contributed by atoms with E-state index in [9.17, 15) is 9.59 Å². The molecule has 0 heterocycles. The Balaban J connectivity index is 3.02. The molecule has 1 aromatic carbocycles. The zero-order valence-corrected chi connectivity index (χ0v) is 13.6. The van der Waals surface area contributed by atoms with Crippen molar-refractivity contribution in [3.8, 4) is 11.5 Å². The van der Waals surface area contributed by atoms with Gasteiger partial charge in [0.1, 0.15) is 11.5 Å². The highest BCUT2D eigenvalue weighted by Crippen LogP contribution is 2.27. The minimum absolute atomic E-state index is 0.0955. The Morgan fingerprint density at radius 1 is 1.27 bits per heavy atom. The molecule has 0 aliphatic rings. The van der Waals surface area contributed by atoms with Gasteiger partial charge < -0.3 is 19.5 Å². The minimum Gasteiger partial charge on any atom is -0.497 e. The van der Waals surface area contributed by atoms with Crippen molar-refractivity contribution in [3.05, 3.63) is 23.8 Å². The Labute approximate surface area is 130 Å². The highest BCUT2D eigenvalue weighted by molar-refractivity contribution is 5.97. The smallest absolute Gasteiger partial charge is 0.308 e. The first kappa shape index (κ1) is 17.8. The lowest BCUT2D eigenvalue weighted by Crippen LogP contribution is -2.34. The summed E-state index contributed by atoms with van der Waals surface area (Å²) >= 11 is 0. The van der Waals surface area contributed by atoms with Gasteiger partial charge in [-0.15, -0.1) is 0 Å². The average molecular weight is 309 g/mol. The molecule has 22 heavy (non-hydrogen) atoms. The van der Waals surface area contributed by atoms with Crippen molar-refractivity contribution >= 4 is 11.9 Å². The Kier molecular flexibility index (Phi) is 6.22. The van der Waals surface area contributed by atoms with Gasteiger partial charge in [0.15, 0.2) is 0 Å². The average Bonchev–Trinajstić information content (AvgIpc) is 2.45. The molecule has 122 valence electrons. The van der Waals surface area contributed by atoms with Gasteiger partial charge in [-0.3, -0.25) is 9.59 Å². The number of carboxylic acids is 1. The quantitative estimate of drug-likeness (QED) is 0.836. The summed E-state index contributed by atoms with van der Waals surface area (Å²) in [7, 11) is 3.11. The summed E-state index contributed by atoms with van der Waals surface area (Å²) in [6.45, 7) is 5.42. The minimum atomic E-state index is -0.937. The summed E-state index contributed by atoms with van der Waals surface area (Å²) in [6.07, 6.45) is -0.0955. The van der Waals surface area contributed by atoms with Crippen LogP contribution in [0.4, 0.5) is 0 Å². The van der Waals surface area contributed by atoms with E-state index in [0.29, 0.717) is 17.1 Å². The second kappa shape index (κ2) is 7.68. The summed E-state index contributed by atoms with van der Waals surface area (Å²) < 4.78 is 10.8. The van der Waals surface area contributed by atoms with Crippen LogP contribution in [-0.4, -0.2) is 48.7 Å². The molecule has 0 fully saturated rings. The van der Waals surface area contributed by atoms with E-state index in [0.717, 1.165) is 0 Å². The fourth-order valence-corrected chi connectivity index (χ4v) is 1.94. The predicted molar refractivity (Wildman–Crippen MR) is 82.5 cm³/mol. The maximum atomic E-state index is 12.5. The van der Waals surface area contributed by atoms with Crippen LogP contribution in [0.15, 0.2) is 18.2 Å². The standard InChI is InChI=1S/C16H23NO5/c1-10(2)22-14-8-12(21-5)6-7-13(14)15(18)17(4)9-11(3)16(19)20/h6-8,10-11H,9H2,1-5H3,(H,19,20). The van der Waals surface area contributed by atoms with Crippen LogP contribution in [0.5, 0.6) is 11.5 Å². The lowest BCUT2D eigenvalue weighted by molar-refractivity contribution is -0.141. The number of amides is 1. The Morgan fingerprint density at radius 3 is 2.41 bits per heavy atom. The number of carboxylic acid groups (broad SMARTS) is 1. The molecule has 0 spiro atoms. The zero-order valence-electron chi connectivity index (χ0n) is 13.6. The number of hydrogen-bond donors (Lipinski definition) is 1. The van der Waals surface area contributed by atoms with Crippen LogP contribution >= 0.6 is 0 Å². The third-order valence-corrected chi connectivity index (χ3v) is 3.10. The highest BCUT2D eigenvalue weighted by Gasteiger charge is 2.22.